The maximum absolute atomic E-state index is 10.4. The van der Waals surface area contributed by atoms with Gasteiger partial charge in [-0.15, -0.1) is 0 Å². The first-order chi connectivity index (χ1) is 8.40. The molecule has 0 aromatic carbocycles. The normalized spacial score (nSPS) is 24.4. The smallest absolute Gasteiger partial charge is 0.862 e. The van der Waals surface area contributed by atoms with Gasteiger partial charge in [0.05, 0.1) is 12.0 Å². The summed E-state index contributed by atoms with van der Waals surface area (Å²) >= 11 is 0. The Kier molecular flexibility index (Phi) is 7.56. The number of hydrogen-bond acceptors (Lipinski definition) is 6. The number of aliphatic carboxylic acids is 2. The molecular weight excluding hydrogens is 451 g/mol. The number of nitrogens with zero attached hydrogens (tertiary/aromatic N) is 1. The van der Waals surface area contributed by atoms with Crippen molar-refractivity contribution in [1.29, 1.82) is 0 Å². The summed E-state index contributed by atoms with van der Waals surface area (Å²) in [5.74, 6) is -2.69. The second-order valence-corrected chi connectivity index (χ2v) is 3.89. The minimum absolute atomic E-state index is 0. The monoisotopic (exact) mass is 464 g/mol. The second-order valence-electron chi connectivity index (χ2n) is 3.89. The van der Waals surface area contributed by atoms with Crippen molar-refractivity contribution in [2.45, 2.75) is 37.8 Å². The molecule has 9 heteroatoms. The Morgan fingerprint density at radius 1 is 1.32 bits per heavy atom. The molecule has 2 radical (unpaired) electrons. The van der Waals surface area contributed by atoms with E-state index in [1.807, 2.05) is 0 Å². The summed E-state index contributed by atoms with van der Waals surface area (Å²) < 4.78 is 0. The maximum Gasteiger partial charge on any atom is 2.00 e. The van der Waals surface area contributed by atoms with Crippen LogP contribution in [0.25, 0.3) is 0 Å². The third-order valence-corrected chi connectivity index (χ3v) is 2.50. The second kappa shape index (κ2) is 8.07. The van der Waals surface area contributed by atoms with Gasteiger partial charge in [-0.3, -0.25) is 9.79 Å². The number of amides is 1. The molecule has 0 saturated carbocycles. The van der Waals surface area contributed by atoms with Crippen LogP contribution in [0.5, 0.6) is 0 Å². The molecule has 2 rings (SSSR count). The van der Waals surface area contributed by atoms with E-state index in [0.29, 0.717) is 19.3 Å². The van der Waals surface area contributed by atoms with Crippen molar-refractivity contribution in [2.75, 3.05) is 0 Å². The minimum atomic E-state index is -1.25. The predicted molar refractivity (Wildman–Crippen MR) is 60.0 cm³/mol. The average molecular weight is 463 g/mol. The zero-order chi connectivity index (χ0) is 13.7. The molecule has 1 amide bonds. The topological polar surface area (TPSA) is 142 Å². The van der Waals surface area contributed by atoms with Gasteiger partial charge in [-0.25, -0.2) is 4.79 Å². The van der Waals surface area contributed by atoms with Crippen LogP contribution in [0, 0.1) is 0 Å². The molecule has 2 N–H and O–H groups in total. The van der Waals surface area contributed by atoms with Gasteiger partial charge in [0.15, 0.2) is 0 Å². The number of carbonyl (C=O) groups excluding carboxylic acids is 2. The van der Waals surface area contributed by atoms with Crippen molar-refractivity contribution in [3.05, 3.63) is 0 Å². The fourth-order valence-electron chi connectivity index (χ4n) is 1.53. The van der Waals surface area contributed by atoms with Crippen molar-refractivity contribution >= 4 is 51.0 Å². The van der Waals surface area contributed by atoms with Gasteiger partial charge in [0.1, 0.15) is 6.04 Å². The van der Waals surface area contributed by atoms with Crippen molar-refractivity contribution in [2.24, 2.45) is 4.99 Å². The predicted octanol–water partition coefficient (Wildman–Crippen LogP) is -3.37. The first kappa shape index (κ1) is 17.8. The largest absolute Gasteiger partial charge is 2.00 e. The van der Waals surface area contributed by atoms with E-state index in [9.17, 15) is 24.6 Å². The molecule has 8 nitrogen and oxygen atoms in total. The number of hydrogen-bond donors (Lipinski definition) is 2. The third kappa shape index (κ3) is 5.98. The number of aliphatic imine (C=N–C) groups is 1. The van der Waals surface area contributed by atoms with E-state index < -0.39 is 24.0 Å². The standard InChI is InChI=1S/2C5H7NO3.Pb/c2*7-4-2-1-3(6-4)5(8)9;/h2*3H,1-2H2,(H,6,7)(H,8,9);/q;;+2/p-2/t2*3-;/m00./s1. The van der Waals surface area contributed by atoms with Crippen LogP contribution in [0.1, 0.15) is 25.7 Å². The van der Waals surface area contributed by atoms with Crippen LogP contribution >= 0.6 is 0 Å². The summed E-state index contributed by atoms with van der Waals surface area (Å²) in [6.07, 6.45) is 1.32. The Labute approximate surface area is 129 Å². The van der Waals surface area contributed by atoms with E-state index in [1.165, 1.54) is 0 Å². The van der Waals surface area contributed by atoms with Crippen LogP contribution in [0.3, 0.4) is 0 Å². The minimum Gasteiger partial charge on any atom is -0.862 e. The van der Waals surface area contributed by atoms with Gasteiger partial charge in [0, 0.05) is 6.42 Å². The SMILES string of the molecule is O=C([O-])[C@@H]1CCC([O-])=N1.O=C1CC[C@@H](C(=O)O)N1.[Pb+2]. The molecule has 0 bridgehead atoms. The summed E-state index contributed by atoms with van der Waals surface area (Å²) in [4.78, 5) is 33.8. The van der Waals surface area contributed by atoms with Gasteiger partial charge in [0.25, 0.3) is 0 Å². The molecule has 2 heterocycles. The molecule has 0 aliphatic carbocycles. The summed E-state index contributed by atoms with van der Waals surface area (Å²) in [5.41, 5.74) is 0. The van der Waals surface area contributed by atoms with Crippen LogP contribution in [0.15, 0.2) is 4.99 Å². The van der Waals surface area contributed by atoms with E-state index in [2.05, 4.69) is 10.3 Å². The first-order valence-electron chi connectivity index (χ1n) is 5.37. The fraction of sp³-hybridized carbons (Fsp3) is 0.600. The van der Waals surface area contributed by atoms with E-state index in [1.54, 1.807) is 0 Å². The zero-order valence-corrected chi connectivity index (χ0v) is 13.8. The van der Waals surface area contributed by atoms with Crippen LogP contribution < -0.4 is 15.5 Å². The number of carboxylic acids is 2. The summed E-state index contributed by atoms with van der Waals surface area (Å²) in [7, 11) is 0. The van der Waals surface area contributed by atoms with E-state index in [4.69, 9.17) is 5.11 Å². The molecule has 19 heavy (non-hydrogen) atoms. The fourth-order valence-corrected chi connectivity index (χ4v) is 1.53. The van der Waals surface area contributed by atoms with E-state index in [-0.39, 0.29) is 45.5 Å². The molecule has 0 aromatic rings. The van der Waals surface area contributed by atoms with Crippen molar-refractivity contribution in [1.82, 2.24) is 5.32 Å². The summed E-state index contributed by atoms with van der Waals surface area (Å²) in [5, 5.41) is 30.9. The van der Waals surface area contributed by atoms with Crippen LogP contribution in [0.2, 0.25) is 0 Å². The van der Waals surface area contributed by atoms with E-state index >= 15 is 0 Å². The van der Waals surface area contributed by atoms with Gasteiger partial charge >= 0.3 is 33.3 Å². The molecule has 1 saturated heterocycles. The Morgan fingerprint density at radius 2 is 1.95 bits per heavy atom. The Morgan fingerprint density at radius 3 is 2.16 bits per heavy atom. The Balaban J connectivity index is 0.000000324. The summed E-state index contributed by atoms with van der Waals surface area (Å²) in [6, 6.07) is -1.52. The number of rotatable bonds is 2. The van der Waals surface area contributed by atoms with Crippen molar-refractivity contribution < 1.29 is 29.7 Å². The molecule has 0 unspecified atom stereocenters. The zero-order valence-electron chi connectivity index (χ0n) is 9.92. The molecule has 0 aromatic heterocycles. The van der Waals surface area contributed by atoms with Gasteiger partial charge in [-0.1, -0.05) is 0 Å². The quantitative estimate of drug-likeness (QED) is 0.410. The molecule has 2 aliphatic heterocycles. The van der Waals surface area contributed by atoms with Crippen LogP contribution in [-0.4, -0.2) is 68.2 Å². The number of carboxylic acid groups (broad SMARTS) is 2. The van der Waals surface area contributed by atoms with Crippen LogP contribution in [-0.2, 0) is 14.4 Å². The maximum atomic E-state index is 10.4. The van der Waals surface area contributed by atoms with Crippen LogP contribution in [0.4, 0.5) is 0 Å². The van der Waals surface area contributed by atoms with Crippen molar-refractivity contribution in [3.63, 3.8) is 0 Å². The van der Waals surface area contributed by atoms with Crippen molar-refractivity contribution in [3.8, 4) is 0 Å². The Bertz CT molecular complexity index is 397. The third-order valence-electron chi connectivity index (χ3n) is 2.50. The van der Waals surface area contributed by atoms with Gasteiger partial charge < -0.3 is 25.4 Å². The van der Waals surface area contributed by atoms with Gasteiger partial charge in [-0.2, -0.15) is 0 Å². The molecular formula is C10H12N2O6Pb. The molecule has 2 aliphatic rings. The molecule has 102 valence electrons. The van der Waals surface area contributed by atoms with E-state index in [0.717, 1.165) is 0 Å². The number of carbonyl (C=O) groups is 3. The van der Waals surface area contributed by atoms with Gasteiger partial charge in [-0.05, 0) is 25.2 Å². The number of nitrogens with one attached hydrogen (secondary N) is 1. The average Bonchev–Trinajstić information content (AvgIpc) is 2.88. The molecule has 2 atom stereocenters. The first-order valence-corrected chi connectivity index (χ1v) is 5.37. The molecule has 1 fully saturated rings. The molecule has 0 spiro atoms. The Hall–Kier alpha value is -1.20. The van der Waals surface area contributed by atoms with Gasteiger partial charge in [0.2, 0.25) is 5.91 Å². The summed E-state index contributed by atoms with van der Waals surface area (Å²) in [6.45, 7) is 0.